The van der Waals surface area contributed by atoms with Gasteiger partial charge in [-0.25, -0.2) is 4.98 Å². The molecule has 0 aliphatic rings. The van der Waals surface area contributed by atoms with Crippen molar-refractivity contribution in [2.75, 3.05) is 38.2 Å². The number of halogens is 2. The zero-order valence-electron chi connectivity index (χ0n) is 17.8. The van der Waals surface area contributed by atoms with E-state index >= 15 is 0 Å². The normalized spacial score (nSPS) is 11.0. The monoisotopic (exact) mass is 471 g/mol. The highest BCUT2D eigenvalue weighted by Crippen LogP contribution is 2.39. The van der Waals surface area contributed by atoms with Crippen LogP contribution >= 0.6 is 35.3 Å². The van der Waals surface area contributed by atoms with Crippen molar-refractivity contribution < 1.29 is 9.53 Å². The maximum atomic E-state index is 13.4. The average molecular weight is 472 g/mol. The Labute approximate surface area is 192 Å². The molecule has 0 spiro atoms. The number of likely N-dealkylation sites (N-methyl/N-ethyl adjacent to an activating group) is 1. The molecule has 3 aromatic rings. The maximum Gasteiger partial charge on any atom is 0.280 e. The number of benzene rings is 1. The van der Waals surface area contributed by atoms with Crippen molar-refractivity contribution in [3.63, 3.8) is 0 Å². The molecule has 0 radical (unpaired) electrons. The minimum atomic E-state index is -0.163. The van der Waals surface area contributed by atoms with Gasteiger partial charge in [-0.3, -0.25) is 14.4 Å². The summed E-state index contributed by atoms with van der Waals surface area (Å²) in [5.41, 5.74) is 1.94. The van der Waals surface area contributed by atoms with Gasteiger partial charge in [0, 0.05) is 31.9 Å². The van der Waals surface area contributed by atoms with Gasteiger partial charge in [0.2, 0.25) is 0 Å². The molecule has 0 saturated carbocycles. The second-order valence-corrected chi connectivity index (χ2v) is 8.13. The first-order chi connectivity index (χ1) is 13.9. The Morgan fingerprint density at radius 3 is 2.53 bits per heavy atom. The lowest BCUT2D eigenvalue weighted by Crippen LogP contribution is -2.39. The molecular formula is C20H27Cl2N5O2S. The maximum absolute atomic E-state index is 13.4. The van der Waals surface area contributed by atoms with E-state index in [0.29, 0.717) is 33.7 Å². The summed E-state index contributed by atoms with van der Waals surface area (Å²) in [6.45, 7) is 9.20. The summed E-state index contributed by atoms with van der Waals surface area (Å²) in [5, 5.41) is 5.55. The van der Waals surface area contributed by atoms with Crippen molar-refractivity contribution in [2.24, 2.45) is 7.05 Å². The fourth-order valence-electron chi connectivity index (χ4n) is 3.23. The number of rotatable bonds is 8. The topological polar surface area (TPSA) is 63.5 Å². The second kappa shape index (κ2) is 10.4. The van der Waals surface area contributed by atoms with Crippen molar-refractivity contribution >= 4 is 56.6 Å². The van der Waals surface area contributed by atoms with Crippen LogP contribution in [-0.2, 0) is 7.05 Å². The van der Waals surface area contributed by atoms with Crippen molar-refractivity contribution in [3.05, 3.63) is 34.6 Å². The number of thiazole rings is 1. The fourth-order valence-corrected chi connectivity index (χ4v) is 4.51. The summed E-state index contributed by atoms with van der Waals surface area (Å²) in [5.74, 6) is 0.474. The van der Waals surface area contributed by atoms with E-state index in [1.54, 1.807) is 28.8 Å². The summed E-state index contributed by atoms with van der Waals surface area (Å²) in [6, 6.07) is 3.58. The van der Waals surface area contributed by atoms with Gasteiger partial charge in [-0.05, 0) is 32.1 Å². The fraction of sp³-hybridized carbons (Fsp3) is 0.450. The van der Waals surface area contributed by atoms with Crippen LogP contribution < -0.4 is 9.64 Å². The number of carbonyl (C=O) groups is 1. The Kier molecular flexibility index (Phi) is 8.49. The zero-order chi connectivity index (χ0) is 21.1. The molecule has 0 N–H and O–H groups in total. The van der Waals surface area contributed by atoms with Gasteiger partial charge in [-0.2, -0.15) is 5.10 Å². The van der Waals surface area contributed by atoms with Crippen molar-refractivity contribution in [1.82, 2.24) is 19.7 Å². The molecule has 0 fully saturated rings. The van der Waals surface area contributed by atoms with Gasteiger partial charge in [-0.1, -0.05) is 36.8 Å². The van der Waals surface area contributed by atoms with Gasteiger partial charge in [0.05, 0.1) is 16.8 Å². The smallest absolute Gasteiger partial charge is 0.280 e. The minimum absolute atomic E-state index is 0. The Bertz CT molecular complexity index is 1020. The molecule has 0 atom stereocenters. The van der Waals surface area contributed by atoms with Crippen molar-refractivity contribution in [3.8, 4) is 5.75 Å². The zero-order valence-corrected chi connectivity index (χ0v) is 20.2. The largest absolute Gasteiger partial charge is 0.494 e. The SMILES string of the molecule is CCN(CC)CCN(C(=O)c1nn(C)cc1C)c1nc2c(OC)ccc(Cl)c2s1.Cl. The van der Waals surface area contributed by atoms with Crippen LogP contribution in [-0.4, -0.2) is 58.9 Å². The molecule has 10 heteroatoms. The number of carbonyl (C=O) groups excluding carboxylic acids is 1. The van der Waals surface area contributed by atoms with E-state index in [4.69, 9.17) is 21.3 Å². The molecule has 0 aliphatic carbocycles. The molecule has 1 aromatic carbocycles. The summed E-state index contributed by atoms with van der Waals surface area (Å²) >= 11 is 7.78. The van der Waals surface area contributed by atoms with Crippen LogP contribution in [0.25, 0.3) is 10.2 Å². The third-order valence-electron chi connectivity index (χ3n) is 4.89. The van der Waals surface area contributed by atoms with Crippen molar-refractivity contribution in [2.45, 2.75) is 20.8 Å². The van der Waals surface area contributed by atoms with Gasteiger partial charge in [0.25, 0.3) is 5.91 Å². The second-order valence-electron chi connectivity index (χ2n) is 6.74. The highest BCUT2D eigenvalue weighted by atomic mass is 35.5. The van der Waals surface area contributed by atoms with Crippen LogP contribution in [0.5, 0.6) is 5.75 Å². The Morgan fingerprint density at radius 1 is 1.27 bits per heavy atom. The number of aromatic nitrogens is 3. The number of ether oxygens (including phenoxy) is 1. The van der Waals surface area contributed by atoms with E-state index in [-0.39, 0.29) is 18.3 Å². The lowest BCUT2D eigenvalue weighted by molar-refractivity contribution is 0.0977. The number of hydrogen-bond donors (Lipinski definition) is 0. The summed E-state index contributed by atoms with van der Waals surface area (Å²) < 4.78 is 7.90. The lowest BCUT2D eigenvalue weighted by atomic mass is 10.2. The van der Waals surface area contributed by atoms with E-state index < -0.39 is 0 Å². The number of anilines is 1. The molecule has 2 heterocycles. The lowest BCUT2D eigenvalue weighted by Gasteiger charge is -2.24. The summed E-state index contributed by atoms with van der Waals surface area (Å²) in [4.78, 5) is 22.1. The first kappa shape index (κ1) is 24.4. The standard InChI is InChI=1S/C20H26ClN5O2S.ClH/c1-6-25(7-2)10-11-26(19(27)16-13(3)12-24(4)23-16)20-22-17-15(28-5)9-8-14(21)18(17)29-20;/h8-9,12H,6-7,10-11H2,1-5H3;1H. The first-order valence-corrected chi connectivity index (χ1v) is 10.8. The third-order valence-corrected chi connectivity index (χ3v) is 6.43. The van der Waals surface area contributed by atoms with E-state index in [1.807, 2.05) is 20.2 Å². The summed E-state index contributed by atoms with van der Waals surface area (Å²) in [7, 11) is 3.41. The Morgan fingerprint density at radius 2 is 1.97 bits per heavy atom. The van der Waals surface area contributed by atoms with Crippen molar-refractivity contribution in [1.29, 1.82) is 0 Å². The molecule has 0 bridgehead atoms. The molecule has 164 valence electrons. The predicted molar refractivity (Wildman–Crippen MR) is 126 cm³/mol. The van der Waals surface area contributed by atoms with Gasteiger partial charge in [-0.15, -0.1) is 12.4 Å². The van der Waals surface area contributed by atoms with E-state index in [2.05, 4.69) is 23.8 Å². The Hall–Kier alpha value is -1.87. The Balaban J connectivity index is 0.00000320. The highest BCUT2D eigenvalue weighted by molar-refractivity contribution is 7.23. The summed E-state index contributed by atoms with van der Waals surface area (Å²) in [6.07, 6.45) is 1.84. The number of methoxy groups -OCH3 is 1. The minimum Gasteiger partial charge on any atom is -0.494 e. The average Bonchev–Trinajstić information content (AvgIpc) is 3.29. The molecule has 7 nitrogen and oxygen atoms in total. The molecule has 0 aliphatic heterocycles. The van der Waals surface area contributed by atoms with E-state index in [9.17, 15) is 4.79 Å². The van der Waals surface area contributed by atoms with Crippen LogP contribution in [0, 0.1) is 6.92 Å². The van der Waals surface area contributed by atoms with Crippen LogP contribution in [0.15, 0.2) is 18.3 Å². The highest BCUT2D eigenvalue weighted by Gasteiger charge is 2.26. The van der Waals surface area contributed by atoms with Crippen LogP contribution in [0.1, 0.15) is 29.9 Å². The molecule has 30 heavy (non-hydrogen) atoms. The van der Waals surface area contributed by atoms with Gasteiger partial charge < -0.3 is 9.64 Å². The van der Waals surface area contributed by atoms with Crippen LogP contribution in [0.4, 0.5) is 5.13 Å². The molecular weight excluding hydrogens is 445 g/mol. The number of fused-ring (bicyclic) bond motifs is 1. The first-order valence-electron chi connectivity index (χ1n) is 9.57. The molecule has 2 aromatic heterocycles. The van der Waals surface area contributed by atoms with E-state index in [1.165, 1.54) is 11.3 Å². The number of hydrogen-bond acceptors (Lipinski definition) is 6. The number of nitrogens with zero attached hydrogens (tertiary/aromatic N) is 5. The predicted octanol–water partition coefficient (Wildman–Crippen LogP) is 4.41. The van der Waals surface area contributed by atoms with Gasteiger partial charge in [0.1, 0.15) is 11.3 Å². The van der Waals surface area contributed by atoms with E-state index in [0.717, 1.165) is 29.9 Å². The van der Waals surface area contributed by atoms with Gasteiger partial charge >= 0.3 is 0 Å². The van der Waals surface area contributed by atoms with Crippen LogP contribution in [0.3, 0.4) is 0 Å². The molecule has 0 saturated heterocycles. The quantitative estimate of drug-likeness (QED) is 0.486. The third kappa shape index (κ3) is 4.88. The molecule has 1 amide bonds. The number of amides is 1. The molecule has 3 rings (SSSR count). The van der Waals surface area contributed by atoms with Crippen LogP contribution in [0.2, 0.25) is 5.02 Å². The molecule has 0 unspecified atom stereocenters. The number of aryl methyl sites for hydroxylation is 2. The van der Waals surface area contributed by atoms with Gasteiger partial charge in [0.15, 0.2) is 10.8 Å².